The van der Waals surface area contributed by atoms with Gasteiger partial charge in [-0.25, -0.2) is 0 Å². The number of hydrogen-bond donors (Lipinski definition) is 2. The largest absolute Gasteiger partial charge is 0.495 e. The van der Waals surface area contributed by atoms with Crippen LogP contribution in [0.15, 0.2) is 18.2 Å². The molecule has 1 saturated carbocycles. The fourth-order valence-corrected chi connectivity index (χ4v) is 1.89. The van der Waals surface area contributed by atoms with Crippen molar-refractivity contribution < 1.29 is 14.3 Å². The molecule has 21 heavy (non-hydrogen) atoms. The third-order valence-electron chi connectivity index (χ3n) is 3.65. The van der Waals surface area contributed by atoms with Crippen LogP contribution in [-0.2, 0) is 9.59 Å². The summed E-state index contributed by atoms with van der Waals surface area (Å²) in [6, 6.07) is 5.76. The van der Waals surface area contributed by atoms with Crippen LogP contribution in [0.25, 0.3) is 0 Å². The van der Waals surface area contributed by atoms with E-state index in [0.29, 0.717) is 11.4 Å². The molecule has 5 heteroatoms. The van der Waals surface area contributed by atoms with Gasteiger partial charge >= 0.3 is 0 Å². The summed E-state index contributed by atoms with van der Waals surface area (Å²) < 4.78 is 5.23. The lowest BCUT2D eigenvalue weighted by molar-refractivity contribution is -0.138. The molecular formula is C16H22N2O3. The molecule has 0 bridgehead atoms. The molecule has 1 aliphatic carbocycles. The monoisotopic (exact) mass is 290 g/mol. The molecule has 1 fully saturated rings. The number of benzene rings is 1. The van der Waals surface area contributed by atoms with Gasteiger partial charge in [0.25, 0.3) is 0 Å². The van der Waals surface area contributed by atoms with E-state index in [0.717, 1.165) is 18.4 Å². The number of rotatable bonds is 5. The fraction of sp³-hybridized carbons (Fsp3) is 0.500. The molecule has 114 valence electrons. The molecule has 0 saturated heterocycles. The van der Waals surface area contributed by atoms with Crippen molar-refractivity contribution in [3.05, 3.63) is 23.8 Å². The van der Waals surface area contributed by atoms with Crippen LogP contribution in [-0.4, -0.2) is 25.0 Å². The number of carbonyl (C=O) groups is 2. The molecule has 0 heterocycles. The normalized spacial score (nSPS) is 14.5. The van der Waals surface area contributed by atoms with Crippen molar-refractivity contribution in [1.29, 1.82) is 0 Å². The van der Waals surface area contributed by atoms with Crippen LogP contribution in [0.4, 0.5) is 5.69 Å². The van der Waals surface area contributed by atoms with Crippen LogP contribution in [0.3, 0.4) is 0 Å². The number of carbonyl (C=O) groups excluding carboxylic acids is 2. The molecule has 2 N–H and O–H groups in total. The number of amides is 2. The van der Waals surface area contributed by atoms with Gasteiger partial charge < -0.3 is 15.4 Å². The Bertz CT molecular complexity index is 563. The van der Waals surface area contributed by atoms with Gasteiger partial charge in [0.2, 0.25) is 11.8 Å². The van der Waals surface area contributed by atoms with E-state index in [-0.39, 0.29) is 17.9 Å². The van der Waals surface area contributed by atoms with Crippen LogP contribution >= 0.6 is 0 Å². The molecule has 1 aromatic rings. The maximum atomic E-state index is 12.4. The predicted octanol–water partition coefficient (Wildman–Crippen LogP) is 2.25. The number of methoxy groups -OCH3 is 1. The van der Waals surface area contributed by atoms with Crippen molar-refractivity contribution in [2.75, 3.05) is 12.4 Å². The third kappa shape index (κ3) is 3.54. The van der Waals surface area contributed by atoms with Crippen molar-refractivity contribution in [3.63, 3.8) is 0 Å². The molecule has 2 amide bonds. The summed E-state index contributed by atoms with van der Waals surface area (Å²) in [6.07, 6.45) is 1.99. The summed E-state index contributed by atoms with van der Waals surface area (Å²) in [6.45, 7) is 5.19. The average molecular weight is 290 g/mol. The van der Waals surface area contributed by atoms with E-state index in [9.17, 15) is 9.59 Å². The highest BCUT2D eigenvalue weighted by atomic mass is 16.5. The molecule has 2 rings (SSSR count). The highest BCUT2D eigenvalue weighted by Gasteiger charge is 2.39. The molecule has 5 nitrogen and oxygen atoms in total. The fourth-order valence-electron chi connectivity index (χ4n) is 1.89. The first kappa shape index (κ1) is 15.4. The van der Waals surface area contributed by atoms with Crippen molar-refractivity contribution in [2.24, 2.45) is 5.41 Å². The summed E-state index contributed by atoms with van der Waals surface area (Å²) in [5, 5.41) is 5.66. The van der Waals surface area contributed by atoms with Crippen molar-refractivity contribution >= 4 is 17.5 Å². The summed E-state index contributed by atoms with van der Waals surface area (Å²) in [4.78, 5) is 24.6. The number of anilines is 1. The summed E-state index contributed by atoms with van der Waals surface area (Å²) in [7, 11) is 1.55. The summed E-state index contributed by atoms with van der Waals surface area (Å²) in [5.74, 6) is -0.00831. The van der Waals surface area contributed by atoms with Gasteiger partial charge in [-0.2, -0.15) is 0 Å². The van der Waals surface area contributed by atoms with E-state index in [1.807, 2.05) is 19.1 Å². The van der Waals surface area contributed by atoms with Gasteiger partial charge in [-0.1, -0.05) is 6.07 Å². The molecule has 0 atom stereocenters. The van der Waals surface area contributed by atoms with Gasteiger partial charge in [-0.3, -0.25) is 9.59 Å². The van der Waals surface area contributed by atoms with Crippen LogP contribution in [0.5, 0.6) is 5.75 Å². The molecule has 0 aromatic heterocycles. The number of hydrogen-bond acceptors (Lipinski definition) is 3. The summed E-state index contributed by atoms with van der Waals surface area (Å²) in [5.41, 5.74) is 0.457. The second kappa shape index (κ2) is 5.76. The topological polar surface area (TPSA) is 67.4 Å². The van der Waals surface area contributed by atoms with Gasteiger partial charge in [0.05, 0.1) is 12.8 Å². The van der Waals surface area contributed by atoms with Gasteiger partial charge in [-0.15, -0.1) is 0 Å². The average Bonchev–Trinajstić information content (AvgIpc) is 3.22. The van der Waals surface area contributed by atoms with Crippen molar-refractivity contribution in [2.45, 2.75) is 39.7 Å². The highest BCUT2D eigenvalue weighted by molar-refractivity contribution is 6.10. The first-order valence-corrected chi connectivity index (χ1v) is 7.11. The zero-order chi connectivity index (χ0) is 15.6. The number of aryl methyl sites for hydroxylation is 1. The predicted molar refractivity (Wildman–Crippen MR) is 81.3 cm³/mol. The molecule has 0 spiro atoms. The Hall–Kier alpha value is -2.04. The van der Waals surface area contributed by atoms with Gasteiger partial charge in [0.15, 0.2) is 0 Å². The van der Waals surface area contributed by atoms with Crippen LogP contribution in [0, 0.1) is 12.3 Å². The lowest BCUT2D eigenvalue weighted by Gasteiger charge is -2.23. The quantitative estimate of drug-likeness (QED) is 0.817. The first-order chi connectivity index (χ1) is 9.84. The first-order valence-electron chi connectivity index (χ1n) is 7.11. The highest BCUT2D eigenvalue weighted by Crippen LogP contribution is 2.28. The Kier molecular flexibility index (Phi) is 4.21. The Morgan fingerprint density at radius 3 is 2.48 bits per heavy atom. The second-order valence-corrected chi connectivity index (χ2v) is 6.03. The minimum Gasteiger partial charge on any atom is -0.495 e. The third-order valence-corrected chi connectivity index (χ3v) is 3.65. The van der Waals surface area contributed by atoms with Crippen LogP contribution in [0.1, 0.15) is 32.3 Å². The van der Waals surface area contributed by atoms with E-state index in [1.54, 1.807) is 27.0 Å². The number of ether oxygens (including phenoxy) is 1. The molecule has 0 aliphatic heterocycles. The Morgan fingerprint density at radius 2 is 1.90 bits per heavy atom. The Morgan fingerprint density at radius 1 is 1.24 bits per heavy atom. The summed E-state index contributed by atoms with van der Waals surface area (Å²) >= 11 is 0. The molecule has 1 aromatic carbocycles. The maximum absolute atomic E-state index is 12.4. The lowest BCUT2D eigenvalue weighted by atomic mass is 9.90. The van der Waals surface area contributed by atoms with Gasteiger partial charge in [-0.05, 0) is 51.3 Å². The smallest absolute Gasteiger partial charge is 0.239 e. The minimum absolute atomic E-state index is 0.234. The lowest BCUT2D eigenvalue weighted by Crippen LogP contribution is -2.45. The molecule has 1 aliphatic rings. The molecule has 0 unspecified atom stereocenters. The van der Waals surface area contributed by atoms with E-state index in [4.69, 9.17) is 4.74 Å². The molecule has 0 radical (unpaired) electrons. The number of nitrogens with one attached hydrogen (secondary N) is 2. The Balaban J connectivity index is 2.12. The van der Waals surface area contributed by atoms with E-state index >= 15 is 0 Å². The zero-order valence-corrected chi connectivity index (χ0v) is 12.9. The van der Waals surface area contributed by atoms with Crippen molar-refractivity contribution in [3.8, 4) is 5.75 Å². The van der Waals surface area contributed by atoms with Gasteiger partial charge in [0.1, 0.15) is 11.2 Å². The van der Waals surface area contributed by atoms with Crippen LogP contribution in [0.2, 0.25) is 0 Å². The van der Waals surface area contributed by atoms with E-state index < -0.39 is 5.41 Å². The van der Waals surface area contributed by atoms with Crippen molar-refractivity contribution in [1.82, 2.24) is 5.32 Å². The minimum atomic E-state index is -1.13. The van der Waals surface area contributed by atoms with Gasteiger partial charge in [0, 0.05) is 6.04 Å². The standard InChI is InChI=1S/C16H22N2O3/c1-10-5-8-13(21-4)12(9-10)18-15(20)16(2,3)14(19)17-11-6-7-11/h5,8-9,11H,6-7H2,1-4H3,(H,17,19)(H,18,20). The molecular weight excluding hydrogens is 268 g/mol. The van der Waals surface area contributed by atoms with Crippen LogP contribution < -0.4 is 15.4 Å². The van der Waals surface area contributed by atoms with E-state index in [1.165, 1.54) is 0 Å². The SMILES string of the molecule is COc1ccc(C)cc1NC(=O)C(C)(C)C(=O)NC1CC1. The van der Waals surface area contributed by atoms with E-state index in [2.05, 4.69) is 10.6 Å². The maximum Gasteiger partial charge on any atom is 0.239 e. The Labute approximate surface area is 125 Å². The second-order valence-electron chi connectivity index (χ2n) is 6.03. The zero-order valence-electron chi connectivity index (χ0n) is 12.9.